The van der Waals surface area contributed by atoms with Crippen molar-refractivity contribution in [3.05, 3.63) is 54.7 Å². The number of piperidine rings is 1. The van der Waals surface area contributed by atoms with E-state index in [4.69, 9.17) is 4.74 Å². The first kappa shape index (κ1) is 16.5. The molecule has 0 aliphatic carbocycles. The fraction of sp³-hybridized carbons (Fsp3) is 0.316. The first-order chi connectivity index (χ1) is 12.6. The molecular weight excluding hydrogens is 332 g/mol. The van der Waals surface area contributed by atoms with E-state index < -0.39 is 11.6 Å². The molecule has 7 heteroatoms. The molecule has 134 valence electrons. The molecule has 4 rings (SSSR count). The van der Waals surface area contributed by atoms with Crippen LogP contribution in [0, 0.1) is 0 Å². The predicted octanol–water partition coefficient (Wildman–Crippen LogP) is 2.46. The number of H-pyrrole nitrogens is 1. The lowest BCUT2D eigenvalue weighted by molar-refractivity contribution is -0.159. The van der Waals surface area contributed by atoms with Crippen LogP contribution in [0.3, 0.4) is 0 Å². The van der Waals surface area contributed by atoms with E-state index in [1.165, 1.54) is 0 Å². The lowest BCUT2D eigenvalue weighted by Crippen LogP contribution is -2.53. The normalized spacial score (nSPS) is 17.2. The lowest BCUT2D eigenvalue weighted by Gasteiger charge is -2.38. The summed E-state index contributed by atoms with van der Waals surface area (Å²) in [5.41, 5.74) is -0.340. The van der Waals surface area contributed by atoms with Crippen molar-refractivity contribution in [1.82, 2.24) is 19.9 Å². The van der Waals surface area contributed by atoms with Gasteiger partial charge in [-0.1, -0.05) is 6.07 Å². The molecule has 2 N–H and O–H groups in total. The van der Waals surface area contributed by atoms with Gasteiger partial charge in [-0.25, -0.2) is 9.78 Å². The molecular formula is C19H20N4O3. The standard InChI is InChI=1S/C19H20N4O3/c24-18(25)19(5-10-23(11-6-19)13-17-21-8-9-22-17)26-15-3-4-16-14(12-15)2-1-7-20-16/h1-4,7-9,12H,5-6,10-11,13H2,(H,21,22)(H,24,25). The van der Waals surface area contributed by atoms with Crippen LogP contribution in [-0.2, 0) is 11.3 Å². The Balaban J connectivity index is 1.49. The second-order valence-corrected chi connectivity index (χ2v) is 6.57. The Kier molecular flexibility index (Phi) is 4.30. The maximum absolute atomic E-state index is 12.0. The van der Waals surface area contributed by atoms with Crippen molar-refractivity contribution in [3.63, 3.8) is 0 Å². The molecule has 0 radical (unpaired) electrons. The van der Waals surface area contributed by atoms with Gasteiger partial charge in [0.15, 0.2) is 0 Å². The maximum Gasteiger partial charge on any atom is 0.348 e. The number of carbonyl (C=O) groups is 1. The molecule has 0 saturated carbocycles. The van der Waals surface area contributed by atoms with E-state index in [9.17, 15) is 9.90 Å². The van der Waals surface area contributed by atoms with Crippen molar-refractivity contribution in [2.24, 2.45) is 0 Å². The molecule has 0 unspecified atom stereocenters. The molecule has 1 aliphatic heterocycles. The van der Waals surface area contributed by atoms with E-state index in [2.05, 4.69) is 19.9 Å². The zero-order chi connectivity index (χ0) is 18.0. The molecule has 0 atom stereocenters. The van der Waals surface area contributed by atoms with Gasteiger partial charge < -0.3 is 14.8 Å². The lowest BCUT2D eigenvalue weighted by atomic mass is 9.91. The van der Waals surface area contributed by atoms with Crippen LogP contribution in [0.2, 0.25) is 0 Å². The molecule has 0 amide bonds. The van der Waals surface area contributed by atoms with E-state index in [0.717, 1.165) is 16.7 Å². The number of aromatic amines is 1. The average molecular weight is 352 g/mol. The number of aromatic nitrogens is 3. The van der Waals surface area contributed by atoms with E-state index in [1.807, 2.05) is 24.3 Å². The van der Waals surface area contributed by atoms with Crippen molar-refractivity contribution in [2.75, 3.05) is 13.1 Å². The van der Waals surface area contributed by atoms with Gasteiger partial charge in [-0.05, 0) is 24.3 Å². The molecule has 26 heavy (non-hydrogen) atoms. The van der Waals surface area contributed by atoms with Crippen LogP contribution in [0.4, 0.5) is 0 Å². The van der Waals surface area contributed by atoms with Gasteiger partial charge in [0.1, 0.15) is 11.6 Å². The summed E-state index contributed by atoms with van der Waals surface area (Å²) in [5, 5.41) is 10.8. The Labute approximate surface area is 150 Å². The van der Waals surface area contributed by atoms with Gasteiger partial charge in [-0.2, -0.15) is 0 Å². The van der Waals surface area contributed by atoms with Crippen molar-refractivity contribution in [1.29, 1.82) is 0 Å². The molecule has 1 saturated heterocycles. The molecule has 7 nitrogen and oxygen atoms in total. The number of imidazole rings is 1. The monoisotopic (exact) mass is 352 g/mol. The number of nitrogens with one attached hydrogen (secondary N) is 1. The Morgan fingerprint density at radius 3 is 2.81 bits per heavy atom. The highest BCUT2D eigenvalue weighted by atomic mass is 16.5. The zero-order valence-electron chi connectivity index (χ0n) is 14.3. The number of fused-ring (bicyclic) bond motifs is 1. The number of carboxylic acids is 1. The summed E-state index contributed by atoms with van der Waals surface area (Å²) < 4.78 is 6.02. The number of rotatable bonds is 5. The number of pyridine rings is 1. The SMILES string of the molecule is O=C(O)C1(Oc2ccc3ncccc3c2)CCN(Cc2ncc[nH]2)CC1. The summed E-state index contributed by atoms with van der Waals surface area (Å²) in [6.45, 7) is 1.97. The third-order valence-electron chi connectivity index (χ3n) is 4.87. The highest BCUT2D eigenvalue weighted by Crippen LogP contribution is 2.31. The topological polar surface area (TPSA) is 91.3 Å². The number of carboxylic acid groups (broad SMARTS) is 1. The summed E-state index contributed by atoms with van der Waals surface area (Å²) in [5.74, 6) is 0.532. The molecule has 1 fully saturated rings. The highest BCUT2D eigenvalue weighted by Gasteiger charge is 2.44. The van der Waals surface area contributed by atoms with Gasteiger partial charge in [0, 0.05) is 49.9 Å². The van der Waals surface area contributed by atoms with Crippen molar-refractivity contribution in [2.45, 2.75) is 25.0 Å². The number of hydrogen-bond donors (Lipinski definition) is 2. The Hall–Kier alpha value is -2.93. The van der Waals surface area contributed by atoms with Crippen LogP contribution in [0.25, 0.3) is 10.9 Å². The maximum atomic E-state index is 12.0. The first-order valence-electron chi connectivity index (χ1n) is 8.62. The minimum Gasteiger partial charge on any atom is -0.478 e. The first-order valence-corrected chi connectivity index (χ1v) is 8.62. The summed E-state index contributed by atoms with van der Waals surface area (Å²) in [4.78, 5) is 25.8. The smallest absolute Gasteiger partial charge is 0.348 e. The van der Waals surface area contributed by atoms with Crippen LogP contribution in [0.15, 0.2) is 48.9 Å². The van der Waals surface area contributed by atoms with Gasteiger partial charge in [0.05, 0.1) is 12.1 Å². The molecule has 1 aromatic carbocycles. The summed E-state index contributed by atoms with van der Waals surface area (Å²) in [7, 11) is 0. The van der Waals surface area contributed by atoms with E-state index in [0.29, 0.717) is 38.2 Å². The second-order valence-electron chi connectivity index (χ2n) is 6.57. The number of nitrogens with zero attached hydrogens (tertiary/aromatic N) is 3. The average Bonchev–Trinajstić information content (AvgIpc) is 3.16. The molecule has 0 spiro atoms. The van der Waals surface area contributed by atoms with Gasteiger partial charge in [0.25, 0.3) is 0 Å². The number of likely N-dealkylation sites (tertiary alicyclic amines) is 1. The fourth-order valence-corrected chi connectivity index (χ4v) is 3.37. The van der Waals surface area contributed by atoms with Crippen LogP contribution >= 0.6 is 0 Å². The summed E-state index contributed by atoms with van der Waals surface area (Å²) in [6, 6.07) is 9.28. The Bertz CT molecular complexity index is 902. The number of aliphatic carboxylic acids is 1. The van der Waals surface area contributed by atoms with Gasteiger partial charge in [-0.3, -0.25) is 9.88 Å². The predicted molar refractivity (Wildman–Crippen MR) is 95.8 cm³/mol. The molecule has 2 aromatic heterocycles. The third-order valence-corrected chi connectivity index (χ3v) is 4.87. The second kappa shape index (κ2) is 6.76. The number of benzene rings is 1. The van der Waals surface area contributed by atoms with E-state index in [-0.39, 0.29) is 0 Å². The van der Waals surface area contributed by atoms with Crippen LogP contribution in [0.5, 0.6) is 5.75 Å². The molecule has 1 aliphatic rings. The summed E-state index contributed by atoms with van der Waals surface area (Å²) in [6.07, 6.45) is 6.09. The Morgan fingerprint density at radius 2 is 2.08 bits per heavy atom. The summed E-state index contributed by atoms with van der Waals surface area (Å²) >= 11 is 0. The zero-order valence-corrected chi connectivity index (χ0v) is 14.3. The van der Waals surface area contributed by atoms with Gasteiger partial charge >= 0.3 is 5.97 Å². The highest BCUT2D eigenvalue weighted by molar-refractivity contribution is 5.81. The van der Waals surface area contributed by atoms with Gasteiger partial charge in [0.2, 0.25) is 5.60 Å². The molecule has 3 aromatic rings. The molecule has 0 bridgehead atoms. The molecule has 3 heterocycles. The van der Waals surface area contributed by atoms with Crippen LogP contribution in [0.1, 0.15) is 18.7 Å². The van der Waals surface area contributed by atoms with E-state index in [1.54, 1.807) is 24.7 Å². The Morgan fingerprint density at radius 1 is 1.23 bits per heavy atom. The van der Waals surface area contributed by atoms with E-state index >= 15 is 0 Å². The minimum atomic E-state index is -1.20. The quantitative estimate of drug-likeness (QED) is 0.733. The van der Waals surface area contributed by atoms with Crippen LogP contribution < -0.4 is 4.74 Å². The minimum absolute atomic E-state index is 0.425. The fourth-order valence-electron chi connectivity index (χ4n) is 3.37. The third kappa shape index (κ3) is 3.25. The van der Waals surface area contributed by atoms with Gasteiger partial charge in [-0.15, -0.1) is 0 Å². The van der Waals surface area contributed by atoms with Crippen molar-refractivity contribution < 1.29 is 14.6 Å². The van der Waals surface area contributed by atoms with Crippen molar-refractivity contribution in [3.8, 4) is 5.75 Å². The largest absolute Gasteiger partial charge is 0.478 e. The van der Waals surface area contributed by atoms with Crippen molar-refractivity contribution >= 4 is 16.9 Å². The number of hydrogen-bond acceptors (Lipinski definition) is 5. The number of ether oxygens (including phenoxy) is 1. The van der Waals surface area contributed by atoms with Crippen LogP contribution in [-0.4, -0.2) is 49.6 Å².